The molecule has 7 heteroatoms. The number of aromatic amines is 1. The van der Waals surface area contributed by atoms with Gasteiger partial charge in [0.2, 0.25) is 0 Å². The van der Waals surface area contributed by atoms with Crippen molar-refractivity contribution in [2.45, 2.75) is 19.2 Å². The van der Waals surface area contributed by atoms with E-state index in [2.05, 4.69) is 20.3 Å². The Bertz CT molecular complexity index is 925. The number of hydrogen-bond acceptors (Lipinski definition) is 5. The van der Waals surface area contributed by atoms with Crippen LogP contribution in [0.1, 0.15) is 17.1 Å². The van der Waals surface area contributed by atoms with Gasteiger partial charge in [0.05, 0.1) is 23.1 Å². The number of rotatable bonds is 4. The minimum absolute atomic E-state index is 0.111. The summed E-state index contributed by atoms with van der Waals surface area (Å²) in [5.74, 6) is 1.31. The van der Waals surface area contributed by atoms with Gasteiger partial charge in [-0.2, -0.15) is 0 Å². The molecule has 3 aromatic rings. The molecule has 122 valence electrons. The van der Waals surface area contributed by atoms with Gasteiger partial charge < -0.3 is 10.3 Å². The van der Waals surface area contributed by atoms with Crippen LogP contribution in [0.4, 0.5) is 0 Å². The highest BCUT2D eigenvalue weighted by Gasteiger charge is 2.05. The van der Waals surface area contributed by atoms with Crippen molar-refractivity contribution in [3.63, 3.8) is 0 Å². The maximum absolute atomic E-state index is 12.0. The van der Waals surface area contributed by atoms with Crippen LogP contribution < -0.4 is 10.9 Å². The standard InChI is InChI=1S/C17H16N4OS2/c1-11-20-15-6-5-12(8-14(15)16(22)21-11)10-24-17(23)19-9-13-4-2-3-7-18-13/h2-8H,9-10H2,1H3,(H,19,23)(H,20,21,22). The molecule has 0 spiro atoms. The predicted molar refractivity (Wildman–Crippen MR) is 102 cm³/mol. The van der Waals surface area contributed by atoms with Crippen LogP contribution in [0.5, 0.6) is 0 Å². The quantitative estimate of drug-likeness (QED) is 0.701. The molecule has 24 heavy (non-hydrogen) atoms. The van der Waals surface area contributed by atoms with Gasteiger partial charge >= 0.3 is 0 Å². The number of fused-ring (bicyclic) bond motifs is 1. The van der Waals surface area contributed by atoms with E-state index in [4.69, 9.17) is 12.2 Å². The smallest absolute Gasteiger partial charge is 0.258 e. The Morgan fingerprint density at radius 1 is 1.33 bits per heavy atom. The van der Waals surface area contributed by atoms with Gasteiger partial charge in [-0.15, -0.1) is 0 Å². The summed E-state index contributed by atoms with van der Waals surface area (Å²) in [6.07, 6.45) is 1.76. The van der Waals surface area contributed by atoms with E-state index in [1.54, 1.807) is 13.1 Å². The molecule has 5 nitrogen and oxygen atoms in total. The lowest BCUT2D eigenvalue weighted by Crippen LogP contribution is -2.18. The summed E-state index contributed by atoms with van der Waals surface area (Å²) in [6, 6.07) is 11.5. The molecule has 0 saturated carbocycles. The lowest BCUT2D eigenvalue weighted by Gasteiger charge is -2.07. The van der Waals surface area contributed by atoms with E-state index >= 15 is 0 Å². The SMILES string of the molecule is Cc1nc2ccc(CSC(=S)NCc3ccccn3)cc2c(=O)[nH]1. The van der Waals surface area contributed by atoms with E-state index in [0.29, 0.717) is 33.3 Å². The lowest BCUT2D eigenvalue weighted by atomic mass is 10.2. The van der Waals surface area contributed by atoms with Gasteiger partial charge in [-0.05, 0) is 36.8 Å². The number of thioether (sulfide) groups is 1. The van der Waals surface area contributed by atoms with Crippen LogP contribution in [0.15, 0.2) is 47.4 Å². The number of benzene rings is 1. The van der Waals surface area contributed by atoms with Crippen molar-refractivity contribution in [2.75, 3.05) is 0 Å². The Morgan fingerprint density at radius 2 is 2.21 bits per heavy atom. The van der Waals surface area contributed by atoms with Crippen molar-refractivity contribution in [2.24, 2.45) is 0 Å². The number of hydrogen-bond donors (Lipinski definition) is 2. The van der Waals surface area contributed by atoms with E-state index in [-0.39, 0.29) is 5.56 Å². The minimum atomic E-state index is -0.111. The molecule has 0 aliphatic rings. The first kappa shape index (κ1) is 16.6. The predicted octanol–water partition coefficient (Wildman–Crippen LogP) is 2.93. The van der Waals surface area contributed by atoms with Crippen molar-refractivity contribution in [3.8, 4) is 0 Å². The van der Waals surface area contributed by atoms with Crippen molar-refractivity contribution in [1.29, 1.82) is 0 Å². The third-order valence-electron chi connectivity index (χ3n) is 3.40. The molecule has 0 aliphatic heterocycles. The number of nitrogens with one attached hydrogen (secondary N) is 2. The molecule has 1 aromatic carbocycles. The van der Waals surface area contributed by atoms with E-state index in [9.17, 15) is 4.79 Å². The molecule has 2 aromatic heterocycles. The number of H-pyrrole nitrogens is 1. The van der Waals surface area contributed by atoms with E-state index in [1.807, 2.05) is 36.4 Å². The number of aryl methyl sites for hydroxylation is 1. The Kier molecular flexibility index (Phi) is 5.22. The van der Waals surface area contributed by atoms with E-state index in [0.717, 1.165) is 11.3 Å². The second kappa shape index (κ2) is 7.55. The Balaban J connectivity index is 1.61. The Labute approximate surface area is 148 Å². The molecular formula is C17H16N4OS2. The molecule has 2 heterocycles. The normalized spacial score (nSPS) is 10.7. The minimum Gasteiger partial charge on any atom is -0.365 e. The first-order valence-electron chi connectivity index (χ1n) is 7.42. The number of nitrogens with zero attached hydrogens (tertiary/aromatic N) is 2. The molecule has 0 amide bonds. The Hall–Kier alpha value is -2.25. The second-order valence-corrected chi connectivity index (χ2v) is 6.91. The highest BCUT2D eigenvalue weighted by molar-refractivity contribution is 8.22. The molecule has 0 radical (unpaired) electrons. The summed E-state index contributed by atoms with van der Waals surface area (Å²) < 4.78 is 0.705. The average molecular weight is 356 g/mol. The molecule has 0 aliphatic carbocycles. The molecule has 3 rings (SSSR count). The summed E-state index contributed by atoms with van der Waals surface area (Å²) in [5, 5.41) is 3.78. The molecule has 0 saturated heterocycles. The summed E-state index contributed by atoms with van der Waals surface area (Å²) in [6.45, 7) is 2.38. The first-order valence-corrected chi connectivity index (χ1v) is 8.81. The maximum atomic E-state index is 12.0. The van der Waals surface area contributed by atoms with Crippen LogP contribution in [-0.4, -0.2) is 19.3 Å². The van der Waals surface area contributed by atoms with Gasteiger partial charge in [-0.3, -0.25) is 9.78 Å². The van der Waals surface area contributed by atoms with Gasteiger partial charge in [-0.25, -0.2) is 4.98 Å². The lowest BCUT2D eigenvalue weighted by molar-refractivity contribution is 0.892. The Morgan fingerprint density at radius 3 is 3.00 bits per heavy atom. The number of thiocarbonyl (C=S) groups is 1. The van der Waals surface area contributed by atoms with Crippen LogP contribution in [0.3, 0.4) is 0 Å². The summed E-state index contributed by atoms with van der Waals surface area (Å²) >= 11 is 6.86. The van der Waals surface area contributed by atoms with Gasteiger partial charge in [0.25, 0.3) is 5.56 Å². The van der Waals surface area contributed by atoms with E-state index < -0.39 is 0 Å². The van der Waals surface area contributed by atoms with Gasteiger partial charge in [0.1, 0.15) is 10.1 Å². The van der Waals surface area contributed by atoms with Crippen molar-refractivity contribution in [3.05, 3.63) is 70.0 Å². The van der Waals surface area contributed by atoms with Crippen molar-refractivity contribution >= 4 is 39.2 Å². The second-order valence-electron chi connectivity index (χ2n) is 5.25. The fourth-order valence-corrected chi connectivity index (χ4v) is 3.16. The highest BCUT2D eigenvalue weighted by Crippen LogP contribution is 2.17. The molecule has 0 fully saturated rings. The average Bonchev–Trinajstić information content (AvgIpc) is 2.59. The summed E-state index contributed by atoms with van der Waals surface area (Å²) in [4.78, 5) is 23.3. The van der Waals surface area contributed by atoms with Gasteiger partial charge in [0, 0.05) is 11.9 Å². The van der Waals surface area contributed by atoms with Crippen LogP contribution in [0.2, 0.25) is 0 Å². The molecular weight excluding hydrogens is 340 g/mol. The fourth-order valence-electron chi connectivity index (χ4n) is 2.26. The van der Waals surface area contributed by atoms with Crippen molar-refractivity contribution < 1.29 is 0 Å². The third-order valence-corrected chi connectivity index (χ3v) is 4.78. The number of aromatic nitrogens is 3. The zero-order chi connectivity index (χ0) is 16.9. The summed E-state index contributed by atoms with van der Waals surface area (Å²) in [7, 11) is 0. The van der Waals surface area contributed by atoms with Gasteiger partial charge in [-0.1, -0.05) is 36.1 Å². The molecule has 0 bridgehead atoms. The van der Waals surface area contributed by atoms with Crippen LogP contribution in [0.25, 0.3) is 10.9 Å². The van der Waals surface area contributed by atoms with E-state index in [1.165, 1.54) is 11.8 Å². The maximum Gasteiger partial charge on any atom is 0.258 e. The third kappa shape index (κ3) is 4.18. The van der Waals surface area contributed by atoms with Gasteiger partial charge in [0.15, 0.2) is 0 Å². The number of pyridine rings is 1. The topological polar surface area (TPSA) is 70.7 Å². The fraction of sp³-hybridized carbons (Fsp3) is 0.176. The largest absolute Gasteiger partial charge is 0.365 e. The monoisotopic (exact) mass is 356 g/mol. The zero-order valence-corrected chi connectivity index (χ0v) is 14.7. The van der Waals surface area contributed by atoms with Crippen LogP contribution >= 0.6 is 24.0 Å². The molecule has 2 N–H and O–H groups in total. The van der Waals surface area contributed by atoms with Crippen LogP contribution in [0, 0.1) is 6.92 Å². The van der Waals surface area contributed by atoms with Crippen LogP contribution in [-0.2, 0) is 12.3 Å². The van der Waals surface area contributed by atoms with Crippen molar-refractivity contribution in [1.82, 2.24) is 20.3 Å². The first-order chi connectivity index (χ1) is 11.6. The highest BCUT2D eigenvalue weighted by atomic mass is 32.2. The molecule has 0 atom stereocenters. The molecule has 0 unspecified atom stereocenters. The summed E-state index contributed by atoms with van der Waals surface area (Å²) in [5.41, 5.74) is 2.57. The zero-order valence-electron chi connectivity index (χ0n) is 13.1.